The first-order valence-electron chi connectivity index (χ1n) is 4.94. The van der Waals surface area contributed by atoms with Gasteiger partial charge in [-0.25, -0.2) is 0 Å². The molecule has 1 aromatic heterocycles. The summed E-state index contributed by atoms with van der Waals surface area (Å²) in [7, 11) is 0. The van der Waals surface area contributed by atoms with E-state index >= 15 is 0 Å². The Morgan fingerprint density at radius 1 is 1.42 bits per heavy atom. The summed E-state index contributed by atoms with van der Waals surface area (Å²) >= 11 is 0. The van der Waals surface area contributed by atoms with Gasteiger partial charge < -0.3 is 0 Å². The lowest BCUT2D eigenvalue weighted by atomic mass is 10.2. The van der Waals surface area contributed by atoms with Crippen molar-refractivity contribution in [2.75, 3.05) is 0 Å². The fraction of sp³-hybridized carbons (Fsp3) is 0. The van der Waals surface area contributed by atoms with Crippen LogP contribution in [-0.2, 0) is 0 Å². The first-order valence-corrected chi connectivity index (χ1v) is 4.94. The molecule has 1 heterocycles. The molecule has 0 radical (unpaired) electrons. The number of nitrogens with zero attached hydrogens (tertiary/aromatic N) is 8. The summed E-state index contributed by atoms with van der Waals surface area (Å²) < 4.78 is 1.18. The third kappa shape index (κ3) is 2.90. The highest BCUT2D eigenvalue weighted by Gasteiger charge is 2.03. The van der Waals surface area contributed by atoms with Gasteiger partial charge in [0.2, 0.25) is 5.95 Å². The highest BCUT2D eigenvalue weighted by molar-refractivity contribution is 5.79. The van der Waals surface area contributed by atoms with Crippen LogP contribution in [0.15, 0.2) is 40.8 Å². The minimum absolute atomic E-state index is 0.000613. The molecule has 0 fully saturated rings. The topological polar surface area (TPSA) is 135 Å². The summed E-state index contributed by atoms with van der Waals surface area (Å²) in [6.45, 7) is 0. The molecule has 19 heavy (non-hydrogen) atoms. The second-order valence-corrected chi connectivity index (χ2v) is 3.26. The Balaban J connectivity index is 2.20. The van der Waals surface area contributed by atoms with Crippen molar-refractivity contribution in [3.05, 3.63) is 56.7 Å². The third-order valence-corrected chi connectivity index (χ3v) is 2.08. The summed E-state index contributed by atoms with van der Waals surface area (Å²) in [5.74, 6) is 0.000613. The maximum Gasteiger partial charge on any atom is 0.269 e. The van der Waals surface area contributed by atoms with E-state index in [2.05, 4.69) is 25.3 Å². The largest absolute Gasteiger partial charge is 0.269 e. The van der Waals surface area contributed by atoms with Crippen molar-refractivity contribution in [1.82, 2.24) is 14.9 Å². The van der Waals surface area contributed by atoms with Crippen LogP contribution < -0.4 is 0 Å². The lowest BCUT2D eigenvalue weighted by molar-refractivity contribution is -0.384. The Labute approximate surface area is 105 Å². The lowest BCUT2D eigenvalue weighted by Gasteiger charge is -1.95. The molecule has 10 nitrogen and oxygen atoms in total. The van der Waals surface area contributed by atoms with Crippen LogP contribution in [0.3, 0.4) is 0 Å². The number of hydrogen-bond acceptors (Lipinski definition) is 6. The van der Waals surface area contributed by atoms with Gasteiger partial charge in [-0.2, -0.15) is 9.78 Å². The molecule has 2 aromatic rings. The van der Waals surface area contributed by atoms with E-state index in [-0.39, 0.29) is 11.6 Å². The van der Waals surface area contributed by atoms with Crippen LogP contribution in [-0.4, -0.2) is 26.0 Å². The van der Waals surface area contributed by atoms with Crippen LogP contribution in [0.25, 0.3) is 10.4 Å². The first-order chi connectivity index (χ1) is 9.20. The van der Waals surface area contributed by atoms with Gasteiger partial charge in [-0.3, -0.25) is 10.1 Å². The summed E-state index contributed by atoms with van der Waals surface area (Å²) in [6.07, 6.45) is 2.70. The highest BCUT2D eigenvalue weighted by atomic mass is 16.6. The average molecular weight is 258 g/mol. The van der Waals surface area contributed by atoms with E-state index in [0.29, 0.717) is 5.56 Å². The van der Waals surface area contributed by atoms with Gasteiger partial charge in [-0.1, -0.05) is 0 Å². The number of rotatable bonds is 4. The predicted molar refractivity (Wildman–Crippen MR) is 64.9 cm³/mol. The number of azide groups is 1. The molecule has 0 saturated carbocycles. The monoisotopic (exact) mass is 258 g/mol. The van der Waals surface area contributed by atoms with Crippen LogP contribution in [0.5, 0.6) is 0 Å². The molecule has 0 aliphatic heterocycles. The summed E-state index contributed by atoms with van der Waals surface area (Å²) in [5.41, 5.74) is 8.93. The van der Waals surface area contributed by atoms with Crippen molar-refractivity contribution >= 4 is 17.9 Å². The van der Waals surface area contributed by atoms with Gasteiger partial charge in [0, 0.05) is 17.0 Å². The van der Waals surface area contributed by atoms with Crippen LogP contribution >= 0.6 is 0 Å². The van der Waals surface area contributed by atoms with E-state index in [1.165, 1.54) is 29.4 Å². The molecule has 0 unspecified atom stereocenters. The molecule has 0 bridgehead atoms. The van der Waals surface area contributed by atoms with Crippen molar-refractivity contribution in [3.8, 4) is 0 Å². The quantitative estimate of drug-likeness (QED) is 0.207. The van der Waals surface area contributed by atoms with E-state index in [4.69, 9.17) is 5.53 Å². The molecule has 0 N–H and O–H groups in total. The maximum absolute atomic E-state index is 10.5. The Morgan fingerprint density at radius 3 is 2.79 bits per heavy atom. The fourth-order valence-electron chi connectivity index (χ4n) is 1.22. The SMILES string of the molecule is [N-]=[N+]=Nc1nncn1/N=C/c1ccc([N+](=O)[O-])cc1. The number of nitro benzene ring substituents is 1. The zero-order valence-corrected chi connectivity index (χ0v) is 9.36. The number of aromatic nitrogens is 3. The molecule has 10 heteroatoms. The van der Waals surface area contributed by atoms with E-state index in [0.717, 1.165) is 0 Å². The fourth-order valence-corrected chi connectivity index (χ4v) is 1.22. The zero-order valence-electron chi connectivity index (χ0n) is 9.36. The van der Waals surface area contributed by atoms with Crippen LogP contribution in [0.1, 0.15) is 5.56 Å². The number of non-ortho nitro benzene ring substituents is 1. The molecule has 0 aliphatic rings. The Bertz CT molecular complexity index is 668. The molecular weight excluding hydrogens is 252 g/mol. The molecule has 2 rings (SSSR count). The Kier molecular flexibility index (Phi) is 3.46. The summed E-state index contributed by atoms with van der Waals surface area (Å²) in [5, 5.41) is 24.8. The minimum atomic E-state index is -0.486. The molecular formula is C9H6N8O2. The van der Waals surface area contributed by atoms with Crippen molar-refractivity contribution < 1.29 is 4.92 Å². The van der Waals surface area contributed by atoms with Crippen molar-refractivity contribution in [2.24, 2.45) is 10.2 Å². The van der Waals surface area contributed by atoms with Crippen LogP contribution in [0, 0.1) is 10.1 Å². The van der Waals surface area contributed by atoms with Gasteiger partial charge in [-0.05, 0) is 28.3 Å². The standard InChI is InChI=1S/C9H6N8O2/c10-15-14-9-13-11-6-16(9)12-5-7-1-3-8(4-2-7)17(18)19/h1-6H/b12-5+. The molecule has 1 aromatic carbocycles. The molecule has 94 valence electrons. The van der Waals surface area contributed by atoms with E-state index in [1.54, 1.807) is 12.1 Å². The molecule has 0 spiro atoms. The van der Waals surface area contributed by atoms with Gasteiger partial charge in [0.25, 0.3) is 5.69 Å². The number of nitro groups is 1. The first kappa shape index (κ1) is 12.2. The van der Waals surface area contributed by atoms with E-state index in [9.17, 15) is 10.1 Å². The van der Waals surface area contributed by atoms with Crippen LogP contribution in [0.4, 0.5) is 11.6 Å². The third-order valence-electron chi connectivity index (χ3n) is 2.08. The number of benzene rings is 1. The second kappa shape index (κ2) is 5.38. The van der Waals surface area contributed by atoms with Gasteiger partial charge in [-0.15, -0.1) is 10.2 Å². The van der Waals surface area contributed by atoms with E-state index < -0.39 is 4.92 Å². The molecule has 0 atom stereocenters. The highest BCUT2D eigenvalue weighted by Crippen LogP contribution is 2.11. The minimum Gasteiger partial charge on any atom is -0.258 e. The normalized spacial score (nSPS) is 10.3. The number of hydrogen-bond donors (Lipinski definition) is 0. The Morgan fingerprint density at radius 2 is 2.16 bits per heavy atom. The average Bonchev–Trinajstić information content (AvgIpc) is 2.85. The molecule has 0 amide bonds. The summed E-state index contributed by atoms with van der Waals surface area (Å²) in [4.78, 5) is 12.6. The zero-order chi connectivity index (χ0) is 13.7. The Hall–Kier alpha value is -3.26. The van der Waals surface area contributed by atoms with Crippen molar-refractivity contribution in [2.45, 2.75) is 0 Å². The van der Waals surface area contributed by atoms with Gasteiger partial charge in [0.15, 0.2) is 0 Å². The van der Waals surface area contributed by atoms with Gasteiger partial charge >= 0.3 is 0 Å². The van der Waals surface area contributed by atoms with Crippen LogP contribution in [0.2, 0.25) is 0 Å². The second-order valence-electron chi connectivity index (χ2n) is 3.26. The lowest BCUT2D eigenvalue weighted by Crippen LogP contribution is -1.90. The van der Waals surface area contributed by atoms with Crippen molar-refractivity contribution in [3.63, 3.8) is 0 Å². The molecule has 0 saturated heterocycles. The molecule has 0 aliphatic carbocycles. The smallest absolute Gasteiger partial charge is 0.258 e. The van der Waals surface area contributed by atoms with Crippen molar-refractivity contribution in [1.29, 1.82) is 0 Å². The van der Waals surface area contributed by atoms with Gasteiger partial charge in [0.05, 0.1) is 11.1 Å². The maximum atomic E-state index is 10.5. The van der Waals surface area contributed by atoms with Gasteiger partial charge in [0.1, 0.15) is 6.33 Å². The van der Waals surface area contributed by atoms with E-state index in [1.807, 2.05) is 0 Å². The predicted octanol–water partition coefficient (Wildman–Crippen LogP) is 2.01. The summed E-state index contributed by atoms with van der Waals surface area (Å²) in [6, 6.07) is 5.81.